The van der Waals surface area contributed by atoms with E-state index in [9.17, 15) is 9.59 Å². The van der Waals surface area contributed by atoms with Gasteiger partial charge in [0, 0.05) is 19.5 Å². The van der Waals surface area contributed by atoms with E-state index in [1.165, 1.54) is 5.52 Å². The summed E-state index contributed by atoms with van der Waals surface area (Å²) in [6.45, 7) is 2.44. The van der Waals surface area contributed by atoms with Crippen LogP contribution in [0.25, 0.3) is 11.0 Å². The molecule has 1 heterocycles. The van der Waals surface area contributed by atoms with Crippen LogP contribution in [0.15, 0.2) is 24.3 Å². The number of ether oxygens (including phenoxy) is 1. The standard InChI is InChI=1S/C19H25N3O3/c1-3-25-19(24)18(23)20-12-13-8-10-14(11-9-13)17-21-15-6-4-5-7-16(15)22(17)2/h4-7,13-14H,3,8-12H2,1-2H3,(H,20,23). The highest BCUT2D eigenvalue weighted by Gasteiger charge is 2.26. The minimum Gasteiger partial charge on any atom is -0.459 e. The maximum Gasteiger partial charge on any atom is 0.396 e. The fourth-order valence-corrected chi connectivity index (χ4v) is 3.66. The molecule has 1 saturated carbocycles. The molecule has 1 aromatic heterocycles. The molecule has 1 aliphatic carbocycles. The molecule has 1 aliphatic rings. The number of benzene rings is 1. The lowest BCUT2D eigenvalue weighted by Crippen LogP contribution is -2.36. The summed E-state index contributed by atoms with van der Waals surface area (Å²) in [5.41, 5.74) is 2.21. The van der Waals surface area contributed by atoms with Gasteiger partial charge in [0.15, 0.2) is 0 Å². The molecule has 134 valence electrons. The second-order valence-corrected chi connectivity index (χ2v) is 6.67. The summed E-state index contributed by atoms with van der Waals surface area (Å²) in [6, 6.07) is 8.21. The Kier molecular flexibility index (Phi) is 5.36. The zero-order valence-corrected chi connectivity index (χ0v) is 14.8. The minimum atomic E-state index is -0.795. The lowest BCUT2D eigenvalue weighted by molar-refractivity contribution is -0.154. The summed E-state index contributed by atoms with van der Waals surface area (Å²) in [7, 11) is 2.08. The highest BCUT2D eigenvalue weighted by atomic mass is 16.5. The van der Waals surface area contributed by atoms with Crippen LogP contribution < -0.4 is 5.32 Å². The van der Waals surface area contributed by atoms with Crippen LogP contribution in [0.2, 0.25) is 0 Å². The molecule has 0 aliphatic heterocycles. The number of carbonyl (C=O) groups excluding carboxylic acids is 2. The van der Waals surface area contributed by atoms with Crippen LogP contribution in [-0.2, 0) is 21.4 Å². The van der Waals surface area contributed by atoms with E-state index in [0.717, 1.165) is 37.0 Å². The Morgan fingerprint density at radius 3 is 2.64 bits per heavy atom. The molecule has 1 amide bonds. The van der Waals surface area contributed by atoms with Crippen molar-refractivity contribution in [2.75, 3.05) is 13.2 Å². The van der Waals surface area contributed by atoms with Gasteiger partial charge in [0.25, 0.3) is 0 Å². The van der Waals surface area contributed by atoms with Gasteiger partial charge in [-0.15, -0.1) is 0 Å². The third kappa shape index (κ3) is 3.83. The molecule has 0 radical (unpaired) electrons. The van der Waals surface area contributed by atoms with Crippen molar-refractivity contribution >= 4 is 22.9 Å². The zero-order valence-electron chi connectivity index (χ0n) is 14.8. The summed E-state index contributed by atoms with van der Waals surface area (Å²) < 4.78 is 6.90. The molecular formula is C19H25N3O3. The topological polar surface area (TPSA) is 73.2 Å². The minimum absolute atomic E-state index is 0.218. The molecule has 6 heteroatoms. The predicted molar refractivity (Wildman–Crippen MR) is 95.1 cm³/mol. The van der Waals surface area contributed by atoms with E-state index in [4.69, 9.17) is 9.72 Å². The van der Waals surface area contributed by atoms with E-state index in [2.05, 4.69) is 29.1 Å². The number of para-hydroxylation sites is 2. The Hall–Kier alpha value is -2.37. The van der Waals surface area contributed by atoms with Gasteiger partial charge in [0.05, 0.1) is 17.6 Å². The van der Waals surface area contributed by atoms with Crippen LogP contribution in [0.4, 0.5) is 0 Å². The Bertz CT molecular complexity index is 760. The number of nitrogens with one attached hydrogen (secondary N) is 1. The SMILES string of the molecule is CCOC(=O)C(=O)NCC1CCC(c2nc3ccccc3n2C)CC1. The maximum atomic E-state index is 11.6. The lowest BCUT2D eigenvalue weighted by atomic mass is 9.81. The lowest BCUT2D eigenvalue weighted by Gasteiger charge is -2.28. The van der Waals surface area contributed by atoms with Crippen LogP contribution in [0.3, 0.4) is 0 Å². The molecule has 0 spiro atoms. The van der Waals surface area contributed by atoms with Crippen molar-refractivity contribution < 1.29 is 14.3 Å². The molecule has 1 fully saturated rings. The maximum absolute atomic E-state index is 11.6. The smallest absolute Gasteiger partial charge is 0.396 e. The first-order valence-corrected chi connectivity index (χ1v) is 8.96. The largest absolute Gasteiger partial charge is 0.459 e. The van der Waals surface area contributed by atoms with E-state index >= 15 is 0 Å². The average Bonchev–Trinajstić information content (AvgIpc) is 2.97. The number of hydrogen-bond acceptors (Lipinski definition) is 4. The Balaban J connectivity index is 1.54. The first kappa shape index (κ1) is 17.5. The average molecular weight is 343 g/mol. The second kappa shape index (κ2) is 7.68. The van der Waals surface area contributed by atoms with Crippen molar-refractivity contribution in [3.8, 4) is 0 Å². The Labute approximate surface area is 147 Å². The van der Waals surface area contributed by atoms with Gasteiger partial charge < -0.3 is 14.6 Å². The van der Waals surface area contributed by atoms with Gasteiger partial charge in [-0.3, -0.25) is 4.79 Å². The summed E-state index contributed by atoms with van der Waals surface area (Å²) >= 11 is 0. The van der Waals surface area contributed by atoms with E-state index in [1.54, 1.807) is 6.92 Å². The summed E-state index contributed by atoms with van der Waals surface area (Å²) in [4.78, 5) is 27.7. The summed E-state index contributed by atoms with van der Waals surface area (Å²) in [5, 5.41) is 2.69. The van der Waals surface area contributed by atoms with Crippen molar-refractivity contribution in [1.82, 2.24) is 14.9 Å². The highest BCUT2D eigenvalue weighted by molar-refractivity contribution is 6.32. The quantitative estimate of drug-likeness (QED) is 0.684. The van der Waals surface area contributed by atoms with Gasteiger partial charge in [-0.1, -0.05) is 12.1 Å². The molecule has 0 bridgehead atoms. The predicted octanol–water partition coefficient (Wildman–Crippen LogP) is 2.53. The monoisotopic (exact) mass is 343 g/mol. The van der Waals surface area contributed by atoms with E-state index in [-0.39, 0.29) is 6.61 Å². The molecule has 6 nitrogen and oxygen atoms in total. The zero-order chi connectivity index (χ0) is 17.8. The molecule has 0 saturated heterocycles. The molecule has 2 aromatic rings. The van der Waals surface area contributed by atoms with Crippen molar-refractivity contribution in [3.63, 3.8) is 0 Å². The van der Waals surface area contributed by atoms with E-state index in [0.29, 0.717) is 18.4 Å². The number of aromatic nitrogens is 2. The molecule has 3 rings (SSSR count). The third-order valence-electron chi connectivity index (χ3n) is 5.05. The van der Waals surface area contributed by atoms with Crippen molar-refractivity contribution in [2.45, 2.75) is 38.5 Å². The summed E-state index contributed by atoms with van der Waals surface area (Å²) in [5.74, 6) is 0.573. The molecule has 1 N–H and O–H groups in total. The molecule has 0 unspecified atom stereocenters. The normalized spacial score (nSPS) is 20.4. The number of amides is 1. The number of nitrogens with zero attached hydrogens (tertiary/aromatic N) is 2. The fourth-order valence-electron chi connectivity index (χ4n) is 3.66. The van der Waals surface area contributed by atoms with Gasteiger partial charge in [-0.05, 0) is 50.7 Å². The number of esters is 1. The number of aryl methyl sites for hydroxylation is 1. The van der Waals surface area contributed by atoms with E-state index in [1.807, 2.05) is 12.1 Å². The van der Waals surface area contributed by atoms with Crippen molar-refractivity contribution in [3.05, 3.63) is 30.1 Å². The third-order valence-corrected chi connectivity index (χ3v) is 5.05. The first-order chi connectivity index (χ1) is 12.1. The van der Waals surface area contributed by atoms with Gasteiger partial charge in [0.2, 0.25) is 0 Å². The highest BCUT2D eigenvalue weighted by Crippen LogP contribution is 2.36. The van der Waals surface area contributed by atoms with Crippen LogP contribution in [0, 0.1) is 5.92 Å². The molecule has 0 atom stereocenters. The first-order valence-electron chi connectivity index (χ1n) is 8.96. The second-order valence-electron chi connectivity index (χ2n) is 6.67. The van der Waals surface area contributed by atoms with Crippen LogP contribution in [-0.4, -0.2) is 34.6 Å². The molecular weight excluding hydrogens is 318 g/mol. The fraction of sp³-hybridized carbons (Fsp3) is 0.526. The van der Waals surface area contributed by atoms with Gasteiger partial charge >= 0.3 is 11.9 Å². The van der Waals surface area contributed by atoms with Crippen molar-refractivity contribution in [2.24, 2.45) is 13.0 Å². The van der Waals surface area contributed by atoms with Crippen LogP contribution >= 0.6 is 0 Å². The molecule has 25 heavy (non-hydrogen) atoms. The van der Waals surface area contributed by atoms with Crippen molar-refractivity contribution in [1.29, 1.82) is 0 Å². The van der Waals surface area contributed by atoms with Crippen LogP contribution in [0.5, 0.6) is 0 Å². The van der Waals surface area contributed by atoms with E-state index < -0.39 is 11.9 Å². The van der Waals surface area contributed by atoms with Gasteiger partial charge in [-0.2, -0.15) is 0 Å². The number of rotatable bonds is 4. The summed E-state index contributed by atoms with van der Waals surface area (Å²) in [6.07, 6.45) is 4.15. The number of imidazole rings is 1. The Morgan fingerprint density at radius 1 is 1.24 bits per heavy atom. The molecule has 1 aromatic carbocycles. The van der Waals surface area contributed by atoms with Gasteiger partial charge in [0.1, 0.15) is 5.82 Å². The number of hydrogen-bond donors (Lipinski definition) is 1. The van der Waals surface area contributed by atoms with Gasteiger partial charge in [-0.25, -0.2) is 9.78 Å². The number of fused-ring (bicyclic) bond motifs is 1. The van der Waals surface area contributed by atoms with Crippen LogP contribution in [0.1, 0.15) is 44.3 Å². The number of carbonyl (C=O) groups is 2. The Morgan fingerprint density at radius 2 is 1.96 bits per heavy atom.